The molecule has 0 bridgehead atoms. The summed E-state index contributed by atoms with van der Waals surface area (Å²) < 4.78 is 33.0. The predicted molar refractivity (Wildman–Crippen MR) is 124 cm³/mol. The van der Waals surface area contributed by atoms with Crippen LogP contribution in [-0.4, -0.2) is 46.7 Å². The monoisotopic (exact) mass is 451 g/mol. The standard InChI is InChI=1S/C24H25N3O4S/c1-17(27-21-6-2-4-19-5-3-7-22(23(19)21)32(27,29)30)24(28)25-16-18-8-10-20(11-9-18)26-12-14-31-15-13-26/h2-11,17H,12-16H2,1H3,(H,25,28)/t17-/m1/s1. The molecular formula is C24H25N3O4S. The summed E-state index contributed by atoms with van der Waals surface area (Å²) >= 11 is 0. The average Bonchev–Trinajstić information content (AvgIpc) is 3.06. The molecule has 0 aliphatic carbocycles. The molecule has 0 aromatic heterocycles. The third kappa shape index (κ3) is 3.49. The first-order valence-corrected chi connectivity index (χ1v) is 12.2. The fourth-order valence-electron chi connectivity index (χ4n) is 4.43. The Balaban J connectivity index is 1.30. The quantitative estimate of drug-likeness (QED) is 0.645. The predicted octanol–water partition coefficient (Wildman–Crippen LogP) is 2.89. The Bertz CT molecular complexity index is 1260. The Morgan fingerprint density at radius 2 is 1.72 bits per heavy atom. The molecule has 3 aromatic rings. The van der Waals surface area contributed by atoms with Crippen molar-refractivity contribution in [2.24, 2.45) is 0 Å². The highest BCUT2D eigenvalue weighted by Crippen LogP contribution is 2.43. The van der Waals surface area contributed by atoms with Gasteiger partial charge in [0.2, 0.25) is 5.91 Å². The lowest BCUT2D eigenvalue weighted by molar-refractivity contribution is -0.122. The third-order valence-corrected chi connectivity index (χ3v) is 8.06. The molecule has 0 radical (unpaired) electrons. The molecule has 0 saturated carbocycles. The van der Waals surface area contributed by atoms with Gasteiger partial charge < -0.3 is 15.0 Å². The minimum Gasteiger partial charge on any atom is -0.378 e. The zero-order valence-electron chi connectivity index (χ0n) is 17.8. The van der Waals surface area contributed by atoms with E-state index in [0.29, 0.717) is 17.6 Å². The molecule has 3 aromatic carbocycles. The molecule has 1 atom stereocenters. The summed E-state index contributed by atoms with van der Waals surface area (Å²) in [5.74, 6) is -0.337. The maximum Gasteiger partial charge on any atom is 0.265 e. The number of ether oxygens (including phenoxy) is 1. The van der Waals surface area contributed by atoms with Gasteiger partial charge >= 0.3 is 0 Å². The second-order valence-corrected chi connectivity index (χ2v) is 9.88. The second-order valence-electron chi connectivity index (χ2n) is 8.09. The molecule has 1 N–H and O–H groups in total. The van der Waals surface area contributed by atoms with Gasteiger partial charge in [0.1, 0.15) is 6.04 Å². The van der Waals surface area contributed by atoms with Crippen LogP contribution in [0.4, 0.5) is 11.4 Å². The average molecular weight is 452 g/mol. The van der Waals surface area contributed by atoms with Crippen LogP contribution in [0.2, 0.25) is 0 Å². The molecule has 166 valence electrons. The Morgan fingerprint density at radius 3 is 2.44 bits per heavy atom. The van der Waals surface area contributed by atoms with Gasteiger partial charge in [-0.25, -0.2) is 8.42 Å². The molecule has 8 heteroatoms. The minimum atomic E-state index is -3.79. The van der Waals surface area contributed by atoms with Gasteiger partial charge in [0.05, 0.1) is 23.8 Å². The van der Waals surface area contributed by atoms with Crippen molar-refractivity contribution >= 4 is 38.1 Å². The fourth-order valence-corrected chi connectivity index (χ4v) is 6.29. The van der Waals surface area contributed by atoms with Gasteiger partial charge in [-0.3, -0.25) is 9.10 Å². The van der Waals surface area contributed by atoms with E-state index in [1.54, 1.807) is 25.1 Å². The van der Waals surface area contributed by atoms with Crippen molar-refractivity contribution < 1.29 is 17.9 Å². The topological polar surface area (TPSA) is 79.0 Å². The Labute approximate surface area is 187 Å². The zero-order valence-corrected chi connectivity index (χ0v) is 18.6. The molecular weight excluding hydrogens is 426 g/mol. The van der Waals surface area contributed by atoms with Crippen molar-refractivity contribution in [1.29, 1.82) is 0 Å². The smallest absolute Gasteiger partial charge is 0.265 e. The molecule has 32 heavy (non-hydrogen) atoms. The van der Waals surface area contributed by atoms with Crippen LogP contribution in [0, 0.1) is 0 Å². The van der Waals surface area contributed by atoms with Gasteiger partial charge in [0.25, 0.3) is 10.0 Å². The van der Waals surface area contributed by atoms with Crippen LogP contribution in [0.3, 0.4) is 0 Å². The van der Waals surface area contributed by atoms with Crippen LogP contribution >= 0.6 is 0 Å². The first-order valence-electron chi connectivity index (χ1n) is 10.7. The van der Waals surface area contributed by atoms with E-state index in [1.165, 1.54) is 4.31 Å². The summed E-state index contributed by atoms with van der Waals surface area (Å²) in [6.07, 6.45) is 0. The number of carbonyl (C=O) groups excluding carboxylic acids is 1. The molecule has 1 saturated heterocycles. The van der Waals surface area contributed by atoms with E-state index < -0.39 is 16.1 Å². The van der Waals surface area contributed by atoms with E-state index in [2.05, 4.69) is 10.2 Å². The minimum absolute atomic E-state index is 0.254. The van der Waals surface area contributed by atoms with Gasteiger partial charge in [-0.05, 0) is 42.1 Å². The Hall–Kier alpha value is -3.10. The highest BCUT2D eigenvalue weighted by atomic mass is 32.2. The van der Waals surface area contributed by atoms with Crippen molar-refractivity contribution in [3.63, 3.8) is 0 Å². The number of rotatable bonds is 5. The number of nitrogens with one attached hydrogen (secondary N) is 1. The maximum absolute atomic E-state index is 13.2. The molecule has 0 unspecified atom stereocenters. The summed E-state index contributed by atoms with van der Waals surface area (Å²) in [5, 5.41) is 4.41. The highest BCUT2D eigenvalue weighted by Gasteiger charge is 2.40. The van der Waals surface area contributed by atoms with Crippen molar-refractivity contribution in [1.82, 2.24) is 5.32 Å². The third-order valence-electron chi connectivity index (χ3n) is 6.13. The van der Waals surface area contributed by atoms with E-state index >= 15 is 0 Å². The molecule has 2 aliphatic rings. The summed E-state index contributed by atoms with van der Waals surface area (Å²) in [6.45, 7) is 5.15. The zero-order chi connectivity index (χ0) is 22.3. The van der Waals surface area contributed by atoms with Gasteiger partial charge in [0.15, 0.2) is 0 Å². The van der Waals surface area contributed by atoms with E-state index in [4.69, 9.17) is 4.74 Å². The number of hydrogen-bond acceptors (Lipinski definition) is 5. The van der Waals surface area contributed by atoms with Crippen molar-refractivity contribution in [3.05, 3.63) is 66.2 Å². The first kappa shape index (κ1) is 20.8. The van der Waals surface area contributed by atoms with Gasteiger partial charge in [-0.15, -0.1) is 0 Å². The summed E-state index contributed by atoms with van der Waals surface area (Å²) in [6, 6.07) is 17.8. The van der Waals surface area contributed by atoms with Crippen LogP contribution in [0.15, 0.2) is 65.6 Å². The van der Waals surface area contributed by atoms with Gasteiger partial charge in [0, 0.05) is 30.7 Å². The van der Waals surface area contributed by atoms with Gasteiger partial charge in [-0.1, -0.05) is 36.4 Å². The van der Waals surface area contributed by atoms with Crippen molar-refractivity contribution in [3.8, 4) is 0 Å². The maximum atomic E-state index is 13.2. The van der Waals surface area contributed by atoms with Crippen LogP contribution < -0.4 is 14.5 Å². The van der Waals surface area contributed by atoms with E-state index in [1.807, 2.05) is 42.5 Å². The molecule has 5 rings (SSSR count). The SMILES string of the molecule is C[C@H](C(=O)NCc1ccc(N2CCOCC2)cc1)N1c2cccc3cccc(c23)S1(=O)=O. The molecule has 2 aliphatic heterocycles. The molecule has 1 amide bonds. The Morgan fingerprint density at radius 1 is 1.03 bits per heavy atom. The molecule has 0 spiro atoms. The van der Waals surface area contributed by atoms with Crippen LogP contribution in [0.25, 0.3) is 10.8 Å². The van der Waals surface area contributed by atoms with E-state index in [9.17, 15) is 13.2 Å². The van der Waals surface area contributed by atoms with E-state index in [-0.39, 0.29) is 10.8 Å². The lowest BCUT2D eigenvalue weighted by Crippen LogP contribution is -2.46. The Kier molecular flexibility index (Phi) is 5.27. The normalized spacial score (nSPS) is 18.0. The summed E-state index contributed by atoms with van der Waals surface area (Å²) in [7, 11) is -3.79. The molecule has 1 fully saturated rings. The van der Waals surface area contributed by atoms with Crippen LogP contribution in [-0.2, 0) is 26.1 Å². The van der Waals surface area contributed by atoms with E-state index in [0.717, 1.165) is 42.9 Å². The number of amides is 1. The lowest BCUT2D eigenvalue weighted by Gasteiger charge is -2.29. The summed E-state index contributed by atoms with van der Waals surface area (Å²) in [5.41, 5.74) is 2.64. The highest BCUT2D eigenvalue weighted by molar-refractivity contribution is 7.93. The van der Waals surface area contributed by atoms with Crippen molar-refractivity contribution in [2.75, 3.05) is 35.5 Å². The van der Waals surface area contributed by atoms with Crippen LogP contribution in [0.1, 0.15) is 12.5 Å². The van der Waals surface area contributed by atoms with Crippen molar-refractivity contribution in [2.45, 2.75) is 24.4 Å². The summed E-state index contributed by atoms with van der Waals surface area (Å²) in [4.78, 5) is 15.5. The molecule has 2 heterocycles. The number of anilines is 2. The number of nitrogens with zero attached hydrogens (tertiary/aromatic N) is 2. The van der Waals surface area contributed by atoms with Gasteiger partial charge in [-0.2, -0.15) is 0 Å². The number of carbonyl (C=O) groups is 1. The van der Waals surface area contributed by atoms with Crippen LogP contribution in [0.5, 0.6) is 0 Å². The number of hydrogen-bond donors (Lipinski definition) is 1. The largest absolute Gasteiger partial charge is 0.378 e. The molecule has 7 nitrogen and oxygen atoms in total. The fraction of sp³-hybridized carbons (Fsp3) is 0.292. The number of morpholine rings is 1. The lowest BCUT2D eigenvalue weighted by atomic mass is 10.1. The number of sulfonamides is 1. The first-order chi connectivity index (χ1) is 15.5. The second kappa shape index (κ2) is 8.11. The number of benzene rings is 3.